The lowest BCUT2D eigenvalue weighted by atomic mass is 9.97. The number of benzene rings is 1. The maximum atomic E-state index is 11.7. The summed E-state index contributed by atoms with van der Waals surface area (Å²) >= 11 is 0. The molecule has 0 spiro atoms. The van der Waals surface area contributed by atoms with E-state index in [2.05, 4.69) is 26.7 Å². The molecule has 1 aliphatic carbocycles. The van der Waals surface area contributed by atoms with Crippen LogP contribution in [-0.4, -0.2) is 21.4 Å². The van der Waals surface area contributed by atoms with Gasteiger partial charge in [0, 0.05) is 12.2 Å². The number of nitro groups is 1. The normalized spacial score (nSPS) is 13.8. The molecular weight excluding hydrogens is 342 g/mol. The highest BCUT2D eigenvalue weighted by Gasteiger charge is 2.23. The zero-order valence-corrected chi connectivity index (χ0v) is 15.8. The molecule has 0 radical (unpaired) electrons. The average Bonchev–Trinajstić information content (AvgIpc) is 2.65. The number of allylic oxidation sites excluding steroid dienone is 1. The molecule has 0 unspecified atom stereocenters. The molecule has 7 heteroatoms. The number of aromatic nitrogens is 2. The van der Waals surface area contributed by atoms with Crippen molar-refractivity contribution in [3.8, 4) is 0 Å². The molecule has 0 atom stereocenters. The van der Waals surface area contributed by atoms with E-state index in [1.54, 1.807) is 0 Å². The van der Waals surface area contributed by atoms with Crippen molar-refractivity contribution in [3.63, 3.8) is 0 Å². The summed E-state index contributed by atoms with van der Waals surface area (Å²) in [6.07, 6.45) is 9.24. The summed E-state index contributed by atoms with van der Waals surface area (Å²) < 4.78 is 0. The molecule has 3 rings (SSSR count). The van der Waals surface area contributed by atoms with E-state index in [-0.39, 0.29) is 17.3 Å². The van der Waals surface area contributed by atoms with Crippen molar-refractivity contribution in [1.29, 1.82) is 0 Å². The van der Waals surface area contributed by atoms with Crippen LogP contribution in [0, 0.1) is 24.0 Å². The van der Waals surface area contributed by atoms with Crippen LogP contribution in [0.25, 0.3) is 0 Å². The molecule has 0 fully saturated rings. The monoisotopic (exact) mass is 367 g/mol. The van der Waals surface area contributed by atoms with E-state index in [0.29, 0.717) is 6.54 Å². The van der Waals surface area contributed by atoms with Crippen molar-refractivity contribution >= 4 is 23.0 Å². The Morgan fingerprint density at radius 2 is 2.00 bits per heavy atom. The van der Waals surface area contributed by atoms with Crippen LogP contribution in [0.5, 0.6) is 0 Å². The van der Waals surface area contributed by atoms with Gasteiger partial charge < -0.3 is 10.6 Å². The second-order valence-corrected chi connectivity index (χ2v) is 6.90. The maximum Gasteiger partial charge on any atom is 0.353 e. The molecule has 0 amide bonds. The van der Waals surface area contributed by atoms with Crippen molar-refractivity contribution in [1.82, 2.24) is 9.97 Å². The van der Waals surface area contributed by atoms with Gasteiger partial charge in [0.1, 0.15) is 6.33 Å². The van der Waals surface area contributed by atoms with Crippen molar-refractivity contribution in [2.45, 2.75) is 46.0 Å². The van der Waals surface area contributed by atoms with Crippen molar-refractivity contribution in [3.05, 3.63) is 57.4 Å². The Bertz CT molecular complexity index is 863. The second kappa shape index (κ2) is 8.62. The number of rotatable bonds is 7. The minimum Gasteiger partial charge on any atom is -0.364 e. The number of hydrogen-bond donors (Lipinski definition) is 2. The molecule has 1 aliphatic rings. The predicted octanol–water partition coefficient (Wildman–Crippen LogP) is 5.05. The Morgan fingerprint density at radius 3 is 2.74 bits per heavy atom. The molecule has 1 aromatic heterocycles. The van der Waals surface area contributed by atoms with Crippen molar-refractivity contribution < 1.29 is 4.92 Å². The molecule has 0 saturated heterocycles. The topological polar surface area (TPSA) is 93.0 Å². The van der Waals surface area contributed by atoms with Gasteiger partial charge in [-0.1, -0.05) is 23.8 Å². The molecule has 2 aromatic rings. The van der Waals surface area contributed by atoms with Crippen LogP contribution in [0.2, 0.25) is 0 Å². The number of nitrogens with zero attached hydrogens (tertiary/aromatic N) is 3. The molecule has 0 bridgehead atoms. The molecule has 142 valence electrons. The van der Waals surface area contributed by atoms with Gasteiger partial charge in [-0.3, -0.25) is 10.1 Å². The van der Waals surface area contributed by atoms with Crippen LogP contribution in [0.4, 0.5) is 23.0 Å². The molecule has 7 nitrogen and oxygen atoms in total. The van der Waals surface area contributed by atoms with Gasteiger partial charge in [-0.25, -0.2) is 9.97 Å². The molecule has 27 heavy (non-hydrogen) atoms. The van der Waals surface area contributed by atoms with Gasteiger partial charge in [0.2, 0.25) is 11.6 Å². The van der Waals surface area contributed by atoms with Crippen molar-refractivity contribution in [2.24, 2.45) is 0 Å². The summed E-state index contributed by atoms with van der Waals surface area (Å²) in [5, 5.41) is 17.9. The lowest BCUT2D eigenvalue weighted by Gasteiger charge is -2.14. The van der Waals surface area contributed by atoms with E-state index < -0.39 is 4.92 Å². The van der Waals surface area contributed by atoms with E-state index >= 15 is 0 Å². The van der Waals surface area contributed by atoms with Gasteiger partial charge in [-0.05, 0) is 63.1 Å². The minimum atomic E-state index is -0.435. The van der Waals surface area contributed by atoms with Crippen LogP contribution in [0.3, 0.4) is 0 Å². The fourth-order valence-corrected chi connectivity index (χ4v) is 3.24. The van der Waals surface area contributed by atoms with E-state index in [0.717, 1.165) is 36.1 Å². The smallest absolute Gasteiger partial charge is 0.353 e. The maximum absolute atomic E-state index is 11.7. The van der Waals surface area contributed by atoms with E-state index in [9.17, 15) is 10.1 Å². The van der Waals surface area contributed by atoms with E-state index in [1.807, 2.05) is 32.0 Å². The van der Waals surface area contributed by atoms with Gasteiger partial charge in [0.15, 0.2) is 0 Å². The van der Waals surface area contributed by atoms with Gasteiger partial charge in [0.05, 0.1) is 4.92 Å². The molecule has 2 N–H and O–H groups in total. The quantitative estimate of drug-likeness (QED) is 0.404. The zero-order valence-electron chi connectivity index (χ0n) is 15.8. The van der Waals surface area contributed by atoms with Crippen LogP contribution < -0.4 is 10.6 Å². The highest BCUT2D eigenvalue weighted by molar-refractivity contribution is 5.74. The number of hydrogen-bond acceptors (Lipinski definition) is 6. The number of aryl methyl sites for hydroxylation is 2. The van der Waals surface area contributed by atoms with Gasteiger partial charge in [0.25, 0.3) is 0 Å². The van der Waals surface area contributed by atoms with Gasteiger partial charge in [-0.2, -0.15) is 0 Å². The van der Waals surface area contributed by atoms with Crippen LogP contribution >= 0.6 is 0 Å². The summed E-state index contributed by atoms with van der Waals surface area (Å²) in [5.74, 6) is 0.447. The summed E-state index contributed by atoms with van der Waals surface area (Å²) in [6, 6.07) is 5.92. The first kappa shape index (κ1) is 18.8. The summed E-state index contributed by atoms with van der Waals surface area (Å²) in [5.41, 5.74) is 4.15. The number of nitrogens with one attached hydrogen (secondary N) is 2. The van der Waals surface area contributed by atoms with Crippen molar-refractivity contribution in [2.75, 3.05) is 17.2 Å². The largest absolute Gasteiger partial charge is 0.364 e. The van der Waals surface area contributed by atoms with Crippen LogP contribution in [0.1, 0.15) is 43.2 Å². The first-order valence-electron chi connectivity index (χ1n) is 9.30. The third-order valence-corrected chi connectivity index (χ3v) is 4.77. The fourth-order valence-electron chi connectivity index (χ4n) is 3.24. The Morgan fingerprint density at radius 1 is 1.19 bits per heavy atom. The molecule has 0 saturated carbocycles. The zero-order chi connectivity index (χ0) is 19.2. The molecule has 1 aromatic carbocycles. The van der Waals surface area contributed by atoms with Crippen LogP contribution in [0.15, 0.2) is 36.2 Å². The standard InChI is InChI=1S/C20H25N5O2/c1-14-8-9-15(2)17(12-14)24-20-18(25(26)27)19(22-13-23-20)21-11-10-16-6-4-3-5-7-16/h6,8-9,12-13H,3-5,7,10-11H2,1-2H3,(H2,21,22,23,24). The van der Waals surface area contributed by atoms with E-state index in [4.69, 9.17) is 0 Å². The minimum absolute atomic E-state index is 0.129. The van der Waals surface area contributed by atoms with Gasteiger partial charge in [-0.15, -0.1) is 0 Å². The lowest BCUT2D eigenvalue weighted by Crippen LogP contribution is -2.10. The first-order chi connectivity index (χ1) is 13.0. The van der Waals surface area contributed by atoms with Crippen LogP contribution in [-0.2, 0) is 0 Å². The predicted molar refractivity (Wildman–Crippen MR) is 108 cm³/mol. The van der Waals surface area contributed by atoms with E-state index in [1.165, 1.54) is 24.7 Å². The molecular formula is C20H25N5O2. The molecule has 0 aliphatic heterocycles. The number of anilines is 3. The SMILES string of the molecule is Cc1ccc(C)c(Nc2ncnc(NCCC3=CCCCC3)c2[N+](=O)[O-])c1. The Hall–Kier alpha value is -2.96. The highest BCUT2D eigenvalue weighted by Crippen LogP contribution is 2.32. The summed E-state index contributed by atoms with van der Waals surface area (Å²) in [6.45, 7) is 4.55. The highest BCUT2D eigenvalue weighted by atomic mass is 16.6. The Balaban J connectivity index is 1.78. The second-order valence-electron chi connectivity index (χ2n) is 6.90. The third-order valence-electron chi connectivity index (χ3n) is 4.77. The third kappa shape index (κ3) is 4.81. The summed E-state index contributed by atoms with van der Waals surface area (Å²) in [4.78, 5) is 19.5. The molecule has 1 heterocycles. The lowest BCUT2D eigenvalue weighted by molar-refractivity contribution is -0.383. The first-order valence-corrected chi connectivity index (χ1v) is 9.30. The Labute approximate surface area is 159 Å². The fraction of sp³-hybridized carbons (Fsp3) is 0.400. The Kier molecular flexibility index (Phi) is 6.01. The summed E-state index contributed by atoms with van der Waals surface area (Å²) in [7, 11) is 0. The average molecular weight is 367 g/mol. The van der Waals surface area contributed by atoms with Gasteiger partial charge >= 0.3 is 5.69 Å².